The van der Waals surface area contributed by atoms with Crippen LogP contribution in [0.15, 0.2) is 0 Å². The van der Waals surface area contributed by atoms with E-state index >= 15 is 0 Å². The van der Waals surface area contributed by atoms with Crippen LogP contribution in [-0.4, -0.2) is 35.0 Å². The average molecular weight is 228 g/mol. The van der Waals surface area contributed by atoms with E-state index in [-0.39, 0.29) is 18.1 Å². The molecule has 0 aromatic rings. The zero-order valence-electron chi connectivity index (χ0n) is 9.69. The van der Waals surface area contributed by atoms with Crippen LogP contribution in [0.1, 0.15) is 39.0 Å². The standard InChI is InChI=1S/C12H20O4/c1-8-10(4-7-16-8)12(11(14)15)5-2-9(13)3-6-12/h8-10,13H,2-7H2,1H3,(H,14,15). The monoisotopic (exact) mass is 228 g/mol. The molecule has 0 aromatic heterocycles. The van der Waals surface area contributed by atoms with Crippen LogP contribution in [0.5, 0.6) is 0 Å². The van der Waals surface area contributed by atoms with E-state index in [0.717, 1.165) is 6.42 Å². The Morgan fingerprint density at radius 3 is 2.38 bits per heavy atom. The molecule has 92 valence electrons. The van der Waals surface area contributed by atoms with E-state index in [2.05, 4.69) is 0 Å². The maximum Gasteiger partial charge on any atom is 0.310 e. The third kappa shape index (κ3) is 1.84. The highest BCUT2D eigenvalue weighted by Crippen LogP contribution is 2.48. The zero-order valence-corrected chi connectivity index (χ0v) is 9.69. The van der Waals surface area contributed by atoms with Crippen molar-refractivity contribution in [2.75, 3.05) is 6.61 Å². The van der Waals surface area contributed by atoms with Crippen molar-refractivity contribution < 1.29 is 19.7 Å². The number of aliphatic hydroxyl groups excluding tert-OH is 1. The number of carboxylic acid groups (broad SMARTS) is 1. The van der Waals surface area contributed by atoms with E-state index in [1.54, 1.807) is 0 Å². The quantitative estimate of drug-likeness (QED) is 0.750. The average Bonchev–Trinajstić information content (AvgIpc) is 2.66. The molecule has 1 aliphatic carbocycles. The van der Waals surface area contributed by atoms with E-state index in [1.807, 2.05) is 6.92 Å². The van der Waals surface area contributed by atoms with Gasteiger partial charge in [0.05, 0.1) is 17.6 Å². The third-order valence-electron chi connectivity index (χ3n) is 4.36. The molecule has 2 aliphatic rings. The minimum Gasteiger partial charge on any atom is -0.481 e. The topological polar surface area (TPSA) is 66.8 Å². The molecule has 1 heterocycles. The summed E-state index contributed by atoms with van der Waals surface area (Å²) in [7, 11) is 0. The van der Waals surface area contributed by atoms with Crippen molar-refractivity contribution in [3.8, 4) is 0 Å². The largest absolute Gasteiger partial charge is 0.481 e. The minimum atomic E-state index is -0.707. The van der Waals surface area contributed by atoms with Crippen LogP contribution < -0.4 is 0 Å². The van der Waals surface area contributed by atoms with Crippen molar-refractivity contribution in [2.24, 2.45) is 11.3 Å². The summed E-state index contributed by atoms with van der Waals surface area (Å²) in [5.74, 6) is -0.598. The van der Waals surface area contributed by atoms with Gasteiger partial charge in [0.2, 0.25) is 0 Å². The number of aliphatic carboxylic acids is 1. The predicted molar refractivity (Wildman–Crippen MR) is 58.1 cm³/mol. The first-order valence-corrected chi connectivity index (χ1v) is 6.09. The fourth-order valence-electron chi connectivity index (χ4n) is 3.32. The van der Waals surface area contributed by atoms with Gasteiger partial charge in [-0.15, -0.1) is 0 Å². The summed E-state index contributed by atoms with van der Waals surface area (Å²) in [6.07, 6.45) is 2.94. The number of hydrogen-bond acceptors (Lipinski definition) is 3. The Morgan fingerprint density at radius 2 is 1.94 bits per heavy atom. The molecule has 1 aliphatic heterocycles. The zero-order chi connectivity index (χ0) is 11.8. The van der Waals surface area contributed by atoms with Gasteiger partial charge in [-0.2, -0.15) is 0 Å². The van der Waals surface area contributed by atoms with Crippen LogP contribution in [0, 0.1) is 11.3 Å². The number of hydrogen-bond donors (Lipinski definition) is 2. The van der Waals surface area contributed by atoms with Gasteiger partial charge in [-0.25, -0.2) is 0 Å². The molecule has 0 aromatic carbocycles. The van der Waals surface area contributed by atoms with Crippen molar-refractivity contribution in [1.29, 1.82) is 0 Å². The Kier molecular flexibility index (Phi) is 3.22. The normalized spacial score (nSPS) is 44.5. The van der Waals surface area contributed by atoms with Gasteiger partial charge in [-0.3, -0.25) is 4.79 Å². The molecule has 0 radical (unpaired) electrons. The van der Waals surface area contributed by atoms with Gasteiger partial charge in [0, 0.05) is 12.5 Å². The highest BCUT2D eigenvalue weighted by molar-refractivity contribution is 5.75. The lowest BCUT2D eigenvalue weighted by molar-refractivity contribution is -0.158. The third-order valence-corrected chi connectivity index (χ3v) is 4.36. The van der Waals surface area contributed by atoms with E-state index in [9.17, 15) is 15.0 Å². The molecule has 4 nitrogen and oxygen atoms in total. The minimum absolute atomic E-state index is 0.0337. The molecule has 1 saturated carbocycles. The van der Waals surface area contributed by atoms with E-state index in [1.165, 1.54) is 0 Å². The molecule has 2 fully saturated rings. The molecular weight excluding hydrogens is 208 g/mol. The van der Waals surface area contributed by atoms with Gasteiger partial charge in [-0.1, -0.05) is 0 Å². The van der Waals surface area contributed by atoms with Gasteiger partial charge in [0.15, 0.2) is 0 Å². The molecule has 2 atom stereocenters. The van der Waals surface area contributed by atoms with E-state index in [0.29, 0.717) is 32.3 Å². The second-order valence-electron chi connectivity index (χ2n) is 5.16. The first-order valence-electron chi connectivity index (χ1n) is 6.09. The van der Waals surface area contributed by atoms with Crippen molar-refractivity contribution in [3.05, 3.63) is 0 Å². The molecule has 0 spiro atoms. The van der Waals surface area contributed by atoms with Gasteiger partial charge in [-0.05, 0) is 39.0 Å². The lowest BCUT2D eigenvalue weighted by Gasteiger charge is -2.40. The second-order valence-corrected chi connectivity index (χ2v) is 5.16. The summed E-state index contributed by atoms with van der Waals surface area (Å²) < 4.78 is 5.49. The lowest BCUT2D eigenvalue weighted by atomic mass is 9.63. The van der Waals surface area contributed by atoms with Crippen LogP contribution in [0.2, 0.25) is 0 Å². The summed E-state index contributed by atoms with van der Waals surface area (Å²) in [4.78, 5) is 11.6. The van der Waals surface area contributed by atoms with Crippen LogP contribution in [0.3, 0.4) is 0 Å². The highest BCUT2D eigenvalue weighted by Gasteiger charge is 2.51. The number of rotatable bonds is 2. The van der Waals surface area contributed by atoms with Crippen LogP contribution >= 0.6 is 0 Å². The van der Waals surface area contributed by atoms with Crippen molar-refractivity contribution >= 4 is 5.97 Å². The van der Waals surface area contributed by atoms with Crippen LogP contribution in [0.25, 0.3) is 0 Å². The van der Waals surface area contributed by atoms with Gasteiger partial charge < -0.3 is 14.9 Å². The Bertz CT molecular complexity index is 268. The first-order chi connectivity index (χ1) is 7.56. The number of carboxylic acids is 1. The molecule has 0 bridgehead atoms. The Morgan fingerprint density at radius 1 is 1.31 bits per heavy atom. The van der Waals surface area contributed by atoms with Gasteiger partial charge in [0.1, 0.15) is 0 Å². The molecule has 2 N–H and O–H groups in total. The highest BCUT2D eigenvalue weighted by atomic mass is 16.5. The van der Waals surface area contributed by atoms with Gasteiger partial charge in [0.25, 0.3) is 0 Å². The summed E-state index contributed by atoms with van der Waals surface area (Å²) >= 11 is 0. The maximum absolute atomic E-state index is 11.6. The lowest BCUT2D eigenvalue weighted by Crippen LogP contribution is -2.45. The second kappa shape index (κ2) is 4.34. The maximum atomic E-state index is 11.6. The summed E-state index contributed by atoms with van der Waals surface area (Å²) in [6, 6.07) is 0. The van der Waals surface area contributed by atoms with E-state index < -0.39 is 11.4 Å². The molecule has 2 rings (SSSR count). The van der Waals surface area contributed by atoms with Crippen molar-refractivity contribution in [2.45, 2.75) is 51.2 Å². The van der Waals surface area contributed by atoms with Crippen LogP contribution in [0.4, 0.5) is 0 Å². The number of ether oxygens (including phenoxy) is 1. The number of carbonyl (C=O) groups is 1. The molecule has 2 unspecified atom stereocenters. The summed E-state index contributed by atoms with van der Waals surface area (Å²) in [6.45, 7) is 2.64. The Balaban J connectivity index is 2.18. The Labute approximate surface area is 95.6 Å². The summed E-state index contributed by atoms with van der Waals surface area (Å²) in [5.41, 5.74) is -0.658. The fourth-order valence-corrected chi connectivity index (χ4v) is 3.32. The molecular formula is C12H20O4. The summed E-state index contributed by atoms with van der Waals surface area (Å²) in [5, 5.41) is 19.0. The van der Waals surface area contributed by atoms with Gasteiger partial charge >= 0.3 is 5.97 Å². The molecule has 1 saturated heterocycles. The van der Waals surface area contributed by atoms with Crippen molar-refractivity contribution in [3.63, 3.8) is 0 Å². The number of aliphatic hydroxyl groups is 1. The Hall–Kier alpha value is -0.610. The molecule has 4 heteroatoms. The smallest absolute Gasteiger partial charge is 0.310 e. The van der Waals surface area contributed by atoms with Crippen LogP contribution in [-0.2, 0) is 9.53 Å². The molecule has 16 heavy (non-hydrogen) atoms. The SMILES string of the molecule is CC1OCCC1C1(C(=O)O)CCC(O)CC1. The fraction of sp³-hybridized carbons (Fsp3) is 0.917. The van der Waals surface area contributed by atoms with Crippen molar-refractivity contribution in [1.82, 2.24) is 0 Å². The first kappa shape index (κ1) is 11.9. The predicted octanol–water partition coefficient (Wildman–Crippen LogP) is 1.42. The van der Waals surface area contributed by atoms with E-state index in [4.69, 9.17) is 4.74 Å². The molecule has 0 amide bonds.